The van der Waals surface area contributed by atoms with E-state index in [-0.39, 0.29) is 6.04 Å². The van der Waals surface area contributed by atoms with E-state index in [0.29, 0.717) is 12.5 Å². The molecule has 0 aliphatic carbocycles. The first-order valence-corrected chi connectivity index (χ1v) is 8.08. The molecule has 4 rings (SSSR count). The van der Waals surface area contributed by atoms with Crippen LogP contribution in [-0.4, -0.2) is 40.2 Å². The number of pyridine rings is 1. The fraction of sp³-hybridized carbons (Fsp3) is 0.235. The first kappa shape index (κ1) is 15.3. The van der Waals surface area contributed by atoms with Crippen LogP contribution < -0.4 is 5.32 Å². The van der Waals surface area contributed by atoms with Crippen LogP contribution in [0.3, 0.4) is 0 Å². The molecule has 0 amide bonds. The van der Waals surface area contributed by atoms with E-state index in [1.807, 2.05) is 33.5 Å². The van der Waals surface area contributed by atoms with Gasteiger partial charge in [-0.3, -0.25) is 0 Å². The van der Waals surface area contributed by atoms with Gasteiger partial charge in [0.1, 0.15) is 12.2 Å². The monoisotopic (exact) mass is 334 g/mol. The number of anilines is 1. The lowest BCUT2D eigenvalue weighted by Crippen LogP contribution is -2.12. The van der Waals surface area contributed by atoms with Crippen molar-refractivity contribution in [2.24, 2.45) is 0 Å². The molecule has 4 heterocycles. The average molecular weight is 334 g/mol. The first-order valence-electron chi connectivity index (χ1n) is 8.08. The maximum atomic E-state index is 4.46. The van der Waals surface area contributed by atoms with Crippen LogP contribution >= 0.6 is 0 Å². The highest BCUT2D eigenvalue weighted by Gasteiger charge is 2.10. The average Bonchev–Trinajstić information content (AvgIpc) is 3.25. The van der Waals surface area contributed by atoms with Gasteiger partial charge in [0.15, 0.2) is 5.65 Å². The summed E-state index contributed by atoms with van der Waals surface area (Å²) >= 11 is 0. The number of fused-ring (bicyclic) bond motifs is 1. The molecule has 0 spiro atoms. The van der Waals surface area contributed by atoms with Crippen molar-refractivity contribution in [3.63, 3.8) is 0 Å². The van der Waals surface area contributed by atoms with Gasteiger partial charge in [-0.05, 0) is 26.0 Å². The maximum Gasteiger partial charge on any atom is 0.222 e. The minimum atomic E-state index is 0.288. The zero-order valence-electron chi connectivity index (χ0n) is 14.0. The lowest BCUT2D eigenvalue weighted by Gasteiger charge is -2.10. The summed E-state index contributed by atoms with van der Waals surface area (Å²) < 4.78 is 3.88. The Morgan fingerprint density at radius 3 is 2.72 bits per heavy atom. The molecular formula is C17H18N8. The van der Waals surface area contributed by atoms with Crippen LogP contribution in [0.1, 0.15) is 19.5 Å². The molecule has 0 saturated heterocycles. The van der Waals surface area contributed by atoms with Crippen LogP contribution in [0.4, 0.5) is 5.95 Å². The Kier molecular flexibility index (Phi) is 3.85. The van der Waals surface area contributed by atoms with Crippen molar-refractivity contribution in [3.05, 3.63) is 55.0 Å². The van der Waals surface area contributed by atoms with Crippen molar-refractivity contribution >= 4 is 11.6 Å². The molecule has 8 nitrogen and oxygen atoms in total. The highest BCUT2D eigenvalue weighted by molar-refractivity contribution is 5.54. The van der Waals surface area contributed by atoms with E-state index < -0.39 is 0 Å². The van der Waals surface area contributed by atoms with E-state index in [0.717, 1.165) is 22.7 Å². The second-order valence-electron chi connectivity index (χ2n) is 6.02. The number of nitrogens with zero attached hydrogens (tertiary/aromatic N) is 7. The summed E-state index contributed by atoms with van der Waals surface area (Å²) in [6, 6.07) is 6.22. The van der Waals surface area contributed by atoms with Gasteiger partial charge in [0.05, 0.1) is 17.8 Å². The molecule has 1 N–H and O–H groups in total. The minimum absolute atomic E-state index is 0.288. The number of hydrogen-bond acceptors (Lipinski definition) is 6. The fourth-order valence-corrected chi connectivity index (χ4v) is 2.67. The Hall–Kier alpha value is -3.29. The molecular weight excluding hydrogens is 316 g/mol. The Bertz CT molecular complexity index is 983. The Morgan fingerprint density at radius 2 is 1.92 bits per heavy atom. The fourth-order valence-electron chi connectivity index (χ4n) is 2.67. The SMILES string of the molecule is CC(C)Nc1ncc(-c2nccn2Cc2cccc3ncnn23)cn1. The Balaban J connectivity index is 1.63. The van der Waals surface area contributed by atoms with Crippen LogP contribution in [0.25, 0.3) is 17.0 Å². The Morgan fingerprint density at radius 1 is 1.08 bits per heavy atom. The molecule has 0 fully saturated rings. The minimum Gasteiger partial charge on any atom is -0.352 e. The third-order valence-corrected chi connectivity index (χ3v) is 3.76. The van der Waals surface area contributed by atoms with E-state index >= 15 is 0 Å². The van der Waals surface area contributed by atoms with Crippen LogP contribution in [-0.2, 0) is 6.54 Å². The second kappa shape index (κ2) is 6.31. The molecule has 0 aliphatic rings. The third kappa shape index (κ3) is 3.06. The molecule has 0 bridgehead atoms. The van der Waals surface area contributed by atoms with E-state index in [1.165, 1.54) is 0 Å². The predicted octanol–water partition coefficient (Wildman–Crippen LogP) is 2.25. The van der Waals surface area contributed by atoms with Gasteiger partial charge < -0.3 is 9.88 Å². The summed E-state index contributed by atoms with van der Waals surface area (Å²) in [7, 11) is 0. The lowest BCUT2D eigenvalue weighted by molar-refractivity contribution is 0.740. The molecule has 0 saturated carbocycles. The summed E-state index contributed by atoms with van der Waals surface area (Å²) in [5.74, 6) is 1.43. The highest BCUT2D eigenvalue weighted by atomic mass is 15.3. The molecule has 0 aromatic carbocycles. The maximum absolute atomic E-state index is 4.46. The largest absolute Gasteiger partial charge is 0.352 e. The Labute approximate surface area is 144 Å². The molecule has 25 heavy (non-hydrogen) atoms. The molecule has 4 aromatic heterocycles. The molecule has 0 atom stereocenters. The van der Waals surface area contributed by atoms with E-state index in [2.05, 4.69) is 44.2 Å². The quantitative estimate of drug-likeness (QED) is 0.602. The number of nitrogens with one attached hydrogen (secondary N) is 1. The zero-order chi connectivity index (χ0) is 17.2. The number of hydrogen-bond donors (Lipinski definition) is 1. The highest BCUT2D eigenvalue weighted by Crippen LogP contribution is 2.18. The molecule has 126 valence electrons. The molecule has 0 unspecified atom stereocenters. The van der Waals surface area contributed by atoms with Crippen molar-refractivity contribution in [1.82, 2.24) is 34.1 Å². The predicted molar refractivity (Wildman–Crippen MR) is 94.1 cm³/mol. The first-order chi connectivity index (χ1) is 12.2. The third-order valence-electron chi connectivity index (χ3n) is 3.76. The summed E-state index contributed by atoms with van der Waals surface area (Å²) in [4.78, 5) is 17.4. The summed E-state index contributed by atoms with van der Waals surface area (Å²) in [5, 5.41) is 7.46. The summed E-state index contributed by atoms with van der Waals surface area (Å²) in [5.41, 5.74) is 2.71. The van der Waals surface area contributed by atoms with E-state index in [1.54, 1.807) is 24.9 Å². The van der Waals surface area contributed by atoms with Crippen LogP contribution in [0.15, 0.2) is 49.3 Å². The summed E-state index contributed by atoms with van der Waals surface area (Å²) in [6.07, 6.45) is 8.84. The van der Waals surface area contributed by atoms with Gasteiger partial charge in [0, 0.05) is 30.8 Å². The molecule has 4 aromatic rings. The number of rotatable bonds is 5. The van der Waals surface area contributed by atoms with Gasteiger partial charge >= 0.3 is 0 Å². The standard InChI is InChI=1S/C17H18N8/c1-12(2)23-17-19-8-13(9-20-17)16-18-6-7-24(16)10-14-4-3-5-15-21-11-22-25(14)15/h3-9,11-12H,10H2,1-2H3,(H,19,20,23). The van der Waals surface area contributed by atoms with E-state index in [9.17, 15) is 0 Å². The molecule has 0 aliphatic heterocycles. The van der Waals surface area contributed by atoms with Crippen molar-refractivity contribution < 1.29 is 0 Å². The smallest absolute Gasteiger partial charge is 0.222 e. The zero-order valence-corrected chi connectivity index (χ0v) is 14.0. The molecule has 0 radical (unpaired) electrons. The van der Waals surface area contributed by atoms with Gasteiger partial charge in [0.25, 0.3) is 0 Å². The topological polar surface area (TPSA) is 85.8 Å². The van der Waals surface area contributed by atoms with Crippen molar-refractivity contribution in [2.75, 3.05) is 5.32 Å². The summed E-state index contributed by atoms with van der Waals surface area (Å²) in [6.45, 7) is 4.73. The lowest BCUT2D eigenvalue weighted by atomic mass is 10.3. The van der Waals surface area contributed by atoms with Crippen molar-refractivity contribution in [1.29, 1.82) is 0 Å². The van der Waals surface area contributed by atoms with Crippen LogP contribution in [0, 0.1) is 0 Å². The number of imidazole rings is 1. The van der Waals surface area contributed by atoms with Gasteiger partial charge in [-0.25, -0.2) is 24.5 Å². The van der Waals surface area contributed by atoms with Crippen molar-refractivity contribution in [2.45, 2.75) is 26.4 Å². The van der Waals surface area contributed by atoms with Crippen LogP contribution in [0.5, 0.6) is 0 Å². The number of aromatic nitrogens is 7. The second-order valence-corrected chi connectivity index (χ2v) is 6.02. The van der Waals surface area contributed by atoms with Gasteiger partial charge in [0.2, 0.25) is 5.95 Å². The van der Waals surface area contributed by atoms with Crippen molar-refractivity contribution in [3.8, 4) is 11.4 Å². The van der Waals surface area contributed by atoms with Gasteiger partial charge in [-0.2, -0.15) is 5.10 Å². The normalized spacial score (nSPS) is 11.3. The van der Waals surface area contributed by atoms with Gasteiger partial charge in [-0.15, -0.1) is 0 Å². The van der Waals surface area contributed by atoms with Crippen LogP contribution in [0.2, 0.25) is 0 Å². The van der Waals surface area contributed by atoms with Gasteiger partial charge in [-0.1, -0.05) is 6.07 Å². The molecule has 8 heteroatoms. The van der Waals surface area contributed by atoms with E-state index in [4.69, 9.17) is 0 Å².